The summed E-state index contributed by atoms with van der Waals surface area (Å²) in [6, 6.07) is 8.24. The largest absolute Gasteiger partial charge is 0.370 e. The van der Waals surface area contributed by atoms with E-state index in [0.717, 1.165) is 23.7 Å². The minimum Gasteiger partial charge on any atom is -0.370 e. The highest BCUT2D eigenvalue weighted by Crippen LogP contribution is 2.30. The second kappa shape index (κ2) is 5.03. The molecule has 2 heterocycles. The van der Waals surface area contributed by atoms with Gasteiger partial charge in [0.1, 0.15) is 0 Å². The van der Waals surface area contributed by atoms with E-state index in [9.17, 15) is 0 Å². The zero-order valence-electron chi connectivity index (χ0n) is 10.2. The van der Waals surface area contributed by atoms with Gasteiger partial charge in [-0.2, -0.15) is 0 Å². The van der Waals surface area contributed by atoms with Crippen molar-refractivity contribution in [1.82, 2.24) is 4.98 Å². The number of anilines is 1. The van der Waals surface area contributed by atoms with Gasteiger partial charge >= 0.3 is 0 Å². The van der Waals surface area contributed by atoms with E-state index in [2.05, 4.69) is 28.9 Å². The molecule has 2 unspecified atom stereocenters. The Labute approximate surface area is 115 Å². The van der Waals surface area contributed by atoms with Crippen LogP contribution in [0.2, 0.25) is 0 Å². The van der Waals surface area contributed by atoms with E-state index >= 15 is 0 Å². The standard InChI is InChI=1S/C13H15ClN2OS/c1-9-7-16(8-10(6-14)17-9)13-15-11-4-2-3-5-12(11)18-13/h2-5,9-10H,6-8H2,1H3. The topological polar surface area (TPSA) is 25.4 Å². The summed E-state index contributed by atoms with van der Waals surface area (Å²) < 4.78 is 7.00. The number of thiazole rings is 1. The molecule has 3 nitrogen and oxygen atoms in total. The zero-order valence-corrected chi connectivity index (χ0v) is 11.7. The molecule has 1 aliphatic rings. The molecule has 1 aromatic carbocycles. The van der Waals surface area contributed by atoms with Crippen LogP contribution in [0.4, 0.5) is 5.13 Å². The Bertz CT molecular complexity index is 512. The SMILES string of the molecule is CC1CN(c2nc3ccccc3s2)CC(CCl)O1. The van der Waals surface area contributed by atoms with Crippen LogP contribution in [-0.2, 0) is 4.74 Å². The van der Waals surface area contributed by atoms with Gasteiger partial charge < -0.3 is 9.64 Å². The van der Waals surface area contributed by atoms with Gasteiger partial charge in [0.05, 0.1) is 28.3 Å². The van der Waals surface area contributed by atoms with Crippen molar-refractivity contribution in [2.75, 3.05) is 23.9 Å². The van der Waals surface area contributed by atoms with E-state index < -0.39 is 0 Å². The Morgan fingerprint density at radius 3 is 3.06 bits per heavy atom. The molecule has 1 aromatic heterocycles. The van der Waals surface area contributed by atoms with E-state index in [1.54, 1.807) is 11.3 Å². The monoisotopic (exact) mass is 282 g/mol. The molecule has 1 fully saturated rings. The molecule has 3 rings (SSSR count). The van der Waals surface area contributed by atoms with Gasteiger partial charge in [0.25, 0.3) is 0 Å². The van der Waals surface area contributed by atoms with Crippen LogP contribution in [-0.4, -0.2) is 36.2 Å². The summed E-state index contributed by atoms with van der Waals surface area (Å²) in [7, 11) is 0. The van der Waals surface area contributed by atoms with Crippen LogP contribution < -0.4 is 4.90 Å². The van der Waals surface area contributed by atoms with Gasteiger partial charge in [-0.25, -0.2) is 4.98 Å². The van der Waals surface area contributed by atoms with Gasteiger partial charge in [-0.1, -0.05) is 23.5 Å². The molecular formula is C13H15ClN2OS. The average molecular weight is 283 g/mol. The number of hydrogen-bond acceptors (Lipinski definition) is 4. The number of benzene rings is 1. The highest BCUT2D eigenvalue weighted by molar-refractivity contribution is 7.22. The Morgan fingerprint density at radius 2 is 2.28 bits per heavy atom. The zero-order chi connectivity index (χ0) is 12.5. The predicted octanol–water partition coefficient (Wildman–Crippen LogP) is 3.13. The normalized spacial score (nSPS) is 24.7. The van der Waals surface area contributed by atoms with E-state index in [1.807, 2.05) is 12.1 Å². The molecule has 0 N–H and O–H groups in total. The first-order chi connectivity index (χ1) is 8.76. The van der Waals surface area contributed by atoms with Crippen molar-refractivity contribution in [3.8, 4) is 0 Å². The van der Waals surface area contributed by atoms with Crippen molar-refractivity contribution in [2.45, 2.75) is 19.1 Å². The molecule has 0 amide bonds. The molecule has 1 saturated heterocycles. The Kier molecular flexibility index (Phi) is 3.41. The summed E-state index contributed by atoms with van der Waals surface area (Å²) >= 11 is 7.64. The summed E-state index contributed by atoms with van der Waals surface area (Å²) in [5, 5.41) is 1.07. The second-order valence-electron chi connectivity index (χ2n) is 4.59. The predicted molar refractivity (Wildman–Crippen MR) is 76.9 cm³/mol. The minimum absolute atomic E-state index is 0.0995. The number of fused-ring (bicyclic) bond motifs is 1. The number of aromatic nitrogens is 1. The molecule has 18 heavy (non-hydrogen) atoms. The van der Waals surface area contributed by atoms with E-state index in [4.69, 9.17) is 16.3 Å². The van der Waals surface area contributed by atoms with Crippen molar-refractivity contribution < 1.29 is 4.74 Å². The van der Waals surface area contributed by atoms with Gasteiger partial charge in [-0.15, -0.1) is 11.6 Å². The van der Waals surface area contributed by atoms with Crippen LogP contribution in [0.1, 0.15) is 6.92 Å². The van der Waals surface area contributed by atoms with Crippen molar-refractivity contribution in [3.63, 3.8) is 0 Å². The first kappa shape index (κ1) is 12.2. The molecule has 2 atom stereocenters. The molecule has 1 aliphatic heterocycles. The number of para-hydroxylation sites is 1. The molecule has 0 saturated carbocycles. The van der Waals surface area contributed by atoms with Crippen LogP contribution in [0.25, 0.3) is 10.2 Å². The lowest BCUT2D eigenvalue weighted by Gasteiger charge is -2.35. The Balaban J connectivity index is 1.88. The van der Waals surface area contributed by atoms with Crippen LogP contribution >= 0.6 is 22.9 Å². The van der Waals surface area contributed by atoms with Gasteiger partial charge in [-0.3, -0.25) is 0 Å². The van der Waals surface area contributed by atoms with E-state index in [-0.39, 0.29) is 12.2 Å². The number of rotatable bonds is 2. The number of hydrogen-bond donors (Lipinski definition) is 0. The first-order valence-electron chi connectivity index (χ1n) is 6.08. The number of ether oxygens (including phenoxy) is 1. The smallest absolute Gasteiger partial charge is 0.186 e. The third-order valence-corrected chi connectivity index (χ3v) is 4.49. The fourth-order valence-corrected chi connectivity index (χ4v) is 3.44. The molecule has 2 aromatic rings. The highest BCUT2D eigenvalue weighted by Gasteiger charge is 2.26. The Hall–Kier alpha value is -0.840. The lowest BCUT2D eigenvalue weighted by molar-refractivity contribution is -0.00332. The summed E-state index contributed by atoms with van der Waals surface area (Å²) in [6.45, 7) is 3.79. The van der Waals surface area contributed by atoms with Gasteiger partial charge in [-0.05, 0) is 19.1 Å². The summed E-state index contributed by atoms with van der Waals surface area (Å²) in [5.74, 6) is 0.533. The number of nitrogens with zero attached hydrogens (tertiary/aromatic N) is 2. The van der Waals surface area contributed by atoms with Gasteiger partial charge in [0, 0.05) is 13.1 Å². The molecule has 0 aliphatic carbocycles. The summed E-state index contributed by atoms with van der Waals surface area (Å²) in [5.41, 5.74) is 1.07. The Morgan fingerprint density at radius 1 is 1.44 bits per heavy atom. The maximum Gasteiger partial charge on any atom is 0.186 e. The number of halogens is 1. The van der Waals surface area contributed by atoms with E-state index in [1.165, 1.54) is 4.70 Å². The van der Waals surface area contributed by atoms with Gasteiger partial charge in [0.2, 0.25) is 0 Å². The molecule has 0 bridgehead atoms. The maximum atomic E-state index is 5.91. The molecule has 0 spiro atoms. The third-order valence-electron chi connectivity index (χ3n) is 3.05. The second-order valence-corrected chi connectivity index (χ2v) is 5.91. The lowest BCUT2D eigenvalue weighted by atomic mass is 10.2. The molecular weight excluding hydrogens is 268 g/mol. The van der Waals surface area contributed by atoms with E-state index in [0.29, 0.717) is 5.88 Å². The fraction of sp³-hybridized carbons (Fsp3) is 0.462. The summed E-state index contributed by atoms with van der Waals surface area (Å²) in [6.07, 6.45) is 0.303. The van der Waals surface area contributed by atoms with Crippen LogP contribution in [0.5, 0.6) is 0 Å². The third kappa shape index (κ3) is 2.32. The number of morpholine rings is 1. The van der Waals surface area contributed by atoms with Crippen LogP contribution in [0.15, 0.2) is 24.3 Å². The summed E-state index contributed by atoms with van der Waals surface area (Å²) in [4.78, 5) is 6.97. The van der Waals surface area contributed by atoms with Crippen molar-refractivity contribution in [1.29, 1.82) is 0 Å². The number of alkyl halides is 1. The van der Waals surface area contributed by atoms with Crippen molar-refractivity contribution in [3.05, 3.63) is 24.3 Å². The molecule has 5 heteroatoms. The van der Waals surface area contributed by atoms with Crippen LogP contribution in [0, 0.1) is 0 Å². The van der Waals surface area contributed by atoms with Crippen molar-refractivity contribution >= 4 is 38.3 Å². The van der Waals surface area contributed by atoms with Gasteiger partial charge in [0.15, 0.2) is 5.13 Å². The lowest BCUT2D eigenvalue weighted by Crippen LogP contribution is -2.47. The minimum atomic E-state index is 0.0995. The average Bonchev–Trinajstić information content (AvgIpc) is 2.81. The molecule has 96 valence electrons. The quantitative estimate of drug-likeness (QED) is 0.792. The first-order valence-corrected chi connectivity index (χ1v) is 7.43. The highest BCUT2D eigenvalue weighted by atomic mass is 35.5. The maximum absolute atomic E-state index is 5.91. The van der Waals surface area contributed by atoms with Crippen molar-refractivity contribution in [2.24, 2.45) is 0 Å². The molecule has 0 radical (unpaired) electrons. The fourth-order valence-electron chi connectivity index (χ4n) is 2.28. The van der Waals surface area contributed by atoms with Crippen LogP contribution in [0.3, 0.4) is 0 Å².